The van der Waals surface area contributed by atoms with Gasteiger partial charge in [-0.3, -0.25) is 4.90 Å². The standard InChI is InChI=1S/C15H22N4O/c1-12-5-4-8-19(10-12)11-14-7-3-2-6-13(14)9-17-18-15(16)20/h2-3,6-7,9,12H,4-5,8,10-11H2,1H3,(H3,16,18,20). The van der Waals surface area contributed by atoms with Gasteiger partial charge in [-0.05, 0) is 36.4 Å². The van der Waals surface area contributed by atoms with E-state index < -0.39 is 6.03 Å². The molecule has 20 heavy (non-hydrogen) atoms. The normalized spacial score (nSPS) is 20.1. The lowest BCUT2D eigenvalue weighted by Gasteiger charge is -2.31. The van der Waals surface area contributed by atoms with Crippen LogP contribution in [0.3, 0.4) is 0 Å². The molecule has 108 valence electrons. The molecule has 1 aliphatic heterocycles. The highest BCUT2D eigenvalue weighted by atomic mass is 16.2. The van der Waals surface area contributed by atoms with Crippen molar-refractivity contribution in [1.29, 1.82) is 0 Å². The smallest absolute Gasteiger partial charge is 0.332 e. The van der Waals surface area contributed by atoms with E-state index in [9.17, 15) is 4.79 Å². The summed E-state index contributed by atoms with van der Waals surface area (Å²) in [6.07, 6.45) is 4.23. The Balaban J connectivity index is 2.03. The predicted molar refractivity (Wildman–Crippen MR) is 80.4 cm³/mol. The maximum atomic E-state index is 10.6. The number of carbonyl (C=O) groups excluding carboxylic acids is 1. The third kappa shape index (κ3) is 4.35. The molecule has 2 amide bonds. The Labute approximate surface area is 119 Å². The number of likely N-dealkylation sites (tertiary alicyclic amines) is 1. The van der Waals surface area contributed by atoms with Crippen LogP contribution in [0.4, 0.5) is 4.79 Å². The van der Waals surface area contributed by atoms with Crippen LogP contribution in [0.15, 0.2) is 29.4 Å². The minimum Gasteiger partial charge on any atom is -0.350 e. The van der Waals surface area contributed by atoms with Crippen molar-refractivity contribution in [2.24, 2.45) is 16.8 Å². The van der Waals surface area contributed by atoms with Crippen LogP contribution in [0.1, 0.15) is 30.9 Å². The first-order valence-electron chi connectivity index (χ1n) is 7.04. The zero-order chi connectivity index (χ0) is 14.4. The van der Waals surface area contributed by atoms with Gasteiger partial charge in [0.2, 0.25) is 0 Å². The SMILES string of the molecule is CC1CCCN(Cc2ccccc2C=NNC(N)=O)C1. The highest BCUT2D eigenvalue weighted by molar-refractivity contribution is 5.83. The number of carbonyl (C=O) groups is 1. The van der Waals surface area contributed by atoms with Crippen LogP contribution in [0.5, 0.6) is 0 Å². The van der Waals surface area contributed by atoms with E-state index in [2.05, 4.69) is 28.4 Å². The average Bonchev–Trinajstić information content (AvgIpc) is 2.40. The average molecular weight is 274 g/mol. The largest absolute Gasteiger partial charge is 0.350 e. The predicted octanol–water partition coefficient (Wildman–Crippen LogP) is 1.92. The summed E-state index contributed by atoms with van der Waals surface area (Å²) in [6, 6.07) is 7.44. The third-order valence-corrected chi connectivity index (χ3v) is 3.57. The van der Waals surface area contributed by atoms with Crippen molar-refractivity contribution >= 4 is 12.2 Å². The summed E-state index contributed by atoms with van der Waals surface area (Å²) >= 11 is 0. The molecule has 5 nitrogen and oxygen atoms in total. The number of amides is 2. The summed E-state index contributed by atoms with van der Waals surface area (Å²) in [6.45, 7) is 5.51. The zero-order valence-electron chi connectivity index (χ0n) is 11.9. The van der Waals surface area contributed by atoms with Crippen molar-refractivity contribution in [3.63, 3.8) is 0 Å². The molecule has 0 radical (unpaired) electrons. The monoisotopic (exact) mass is 274 g/mol. The summed E-state index contributed by atoms with van der Waals surface area (Å²) in [4.78, 5) is 13.1. The highest BCUT2D eigenvalue weighted by Gasteiger charge is 2.16. The number of rotatable bonds is 4. The molecular weight excluding hydrogens is 252 g/mol. The fourth-order valence-electron chi connectivity index (χ4n) is 2.64. The Morgan fingerprint density at radius 2 is 2.35 bits per heavy atom. The summed E-state index contributed by atoms with van der Waals surface area (Å²) in [5, 5.41) is 3.84. The first-order chi connectivity index (χ1) is 9.65. The lowest BCUT2D eigenvalue weighted by Crippen LogP contribution is -2.34. The Bertz CT molecular complexity index is 487. The second kappa shape index (κ2) is 7.05. The Hall–Kier alpha value is -1.88. The van der Waals surface area contributed by atoms with Crippen LogP contribution in [0, 0.1) is 5.92 Å². The quantitative estimate of drug-likeness (QED) is 0.650. The van der Waals surface area contributed by atoms with Gasteiger partial charge in [0.05, 0.1) is 6.21 Å². The van der Waals surface area contributed by atoms with Gasteiger partial charge in [-0.2, -0.15) is 5.10 Å². The molecule has 0 saturated carbocycles. The molecule has 1 unspecified atom stereocenters. The Kier molecular flexibility index (Phi) is 5.12. The lowest BCUT2D eigenvalue weighted by molar-refractivity contribution is 0.176. The van der Waals surface area contributed by atoms with Gasteiger partial charge in [0.25, 0.3) is 0 Å². The van der Waals surface area contributed by atoms with Gasteiger partial charge in [-0.1, -0.05) is 31.2 Å². The Morgan fingerprint density at radius 1 is 1.55 bits per heavy atom. The van der Waals surface area contributed by atoms with Crippen molar-refractivity contribution in [1.82, 2.24) is 10.3 Å². The van der Waals surface area contributed by atoms with Crippen LogP contribution in [0.2, 0.25) is 0 Å². The van der Waals surface area contributed by atoms with Crippen molar-refractivity contribution < 1.29 is 4.79 Å². The number of hydrazone groups is 1. The number of nitrogens with two attached hydrogens (primary N) is 1. The van der Waals surface area contributed by atoms with E-state index in [1.807, 2.05) is 18.2 Å². The van der Waals surface area contributed by atoms with Crippen molar-refractivity contribution in [3.8, 4) is 0 Å². The molecule has 2 rings (SSSR count). The lowest BCUT2D eigenvalue weighted by atomic mass is 9.99. The molecule has 0 bridgehead atoms. The van der Waals surface area contributed by atoms with E-state index in [1.165, 1.54) is 18.4 Å². The first kappa shape index (κ1) is 14.5. The van der Waals surface area contributed by atoms with Crippen LogP contribution in [-0.2, 0) is 6.54 Å². The van der Waals surface area contributed by atoms with Gasteiger partial charge >= 0.3 is 6.03 Å². The molecule has 1 saturated heterocycles. The molecular formula is C15H22N4O. The summed E-state index contributed by atoms with van der Waals surface area (Å²) in [5.41, 5.74) is 9.45. The molecule has 0 spiro atoms. The zero-order valence-corrected chi connectivity index (χ0v) is 11.9. The van der Waals surface area contributed by atoms with E-state index in [4.69, 9.17) is 5.73 Å². The number of hydrogen-bond acceptors (Lipinski definition) is 3. The number of primary amides is 1. The fourth-order valence-corrected chi connectivity index (χ4v) is 2.64. The molecule has 0 aliphatic carbocycles. The van der Waals surface area contributed by atoms with Gasteiger partial charge in [-0.25, -0.2) is 10.2 Å². The Morgan fingerprint density at radius 3 is 3.10 bits per heavy atom. The van der Waals surface area contributed by atoms with Gasteiger partial charge < -0.3 is 5.73 Å². The fraction of sp³-hybridized carbons (Fsp3) is 0.467. The topological polar surface area (TPSA) is 70.7 Å². The van der Waals surface area contributed by atoms with E-state index in [1.54, 1.807) is 6.21 Å². The van der Waals surface area contributed by atoms with Crippen molar-refractivity contribution in [2.45, 2.75) is 26.3 Å². The highest BCUT2D eigenvalue weighted by Crippen LogP contribution is 2.18. The number of piperidine rings is 1. The second-order valence-electron chi connectivity index (χ2n) is 5.42. The summed E-state index contributed by atoms with van der Waals surface area (Å²) in [7, 11) is 0. The second-order valence-corrected chi connectivity index (χ2v) is 5.42. The third-order valence-electron chi connectivity index (χ3n) is 3.57. The minimum atomic E-state index is -0.649. The maximum absolute atomic E-state index is 10.6. The molecule has 1 fully saturated rings. The summed E-state index contributed by atoms with van der Waals surface area (Å²) < 4.78 is 0. The van der Waals surface area contributed by atoms with E-state index in [-0.39, 0.29) is 0 Å². The number of nitrogens with zero attached hydrogens (tertiary/aromatic N) is 2. The van der Waals surface area contributed by atoms with Crippen LogP contribution < -0.4 is 11.2 Å². The summed E-state index contributed by atoms with van der Waals surface area (Å²) in [5.74, 6) is 0.765. The van der Waals surface area contributed by atoms with Crippen LogP contribution in [0.25, 0.3) is 0 Å². The first-order valence-corrected chi connectivity index (χ1v) is 7.04. The number of urea groups is 1. The molecule has 3 N–H and O–H groups in total. The van der Waals surface area contributed by atoms with Gasteiger partial charge in [0.15, 0.2) is 0 Å². The molecule has 1 aromatic carbocycles. The van der Waals surface area contributed by atoms with Gasteiger partial charge in [0, 0.05) is 13.1 Å². The van der Waals surface area contributed by atoms with Crippen molar-refractivity contribution in [3.05, 3.63) is 35.4 Å². The maximum Gasteiger partial charge on any atom is 0.332 e. The molecule has 1 heterocycles. The number of benzene rings is 1. The van der Waals surface area contributed by atoms with E-state index >= 15 is 0 Å². The molecule has 1 aromatic rings. The van der Waals surface area contributed by atoms with Crippen molar-refractivity contribution in [2.75, 3.05) is 13.1 Å². The molecule has 0 aromatic heterocycles. The number of nitrogens with one attached hydrogen (secondary N) is 1. The molecule has 5 heteroatoms. The van der Waals surface area contributed by atoms with E-state index in [0.717, 1.165) is 31.1 Å². The van der Waals surface area contributed by atoms with E-state index in [0.29, 0.717) is 0 Å². The molecule has 1 atom stereocenters. The molecule has 1 aliphatic rings. The van der Waals surface area contributed by atoms with Gasteiger partial charge in [0.1, 0.15) is 0 Å². The van der Waals surface area contributed by atoms with Gasteiger partial charge in [-0.15, -0.1) is 0 Å². The number of hydrogen-bond donors (Lipinski definition) is 2. The van der Waals surface area contributed by atoms with Crippen LogP contribution >= 0.6 is 0 Å². The minimum absolute atomic E-state index is 0.649. The van der Waals surface area contributed by atoms with Crippen LogP contribution in [-0.4, -0.2) is 30.2 Å².